The van der Waals surface area contributed by atoms with Crippen LogP contribution in [0.5, 0.6) is 0 Å². The molecule has 0 aliphatic heterocycles. The lowest BCUT2D eigenvalue weighted by Gasteiger charge is -1.98. The number of hydrogen-bond acceptors (Lipinski definition) is 12. The van der Waals surface area contributed by atoms with Gasteiger partial charge < -0.3 is 13.3 Å². The van der Waals surface area contributed by atoms with Crippen molar-refractivity contribution in [2.45, 2.75) is 0 Å². The molecule has 0 saturated carbocycles. The highest BCUT2D eigenvalue weighted by Gasteiger charge is 2.29. The van der Waals surface area contributed by atoms with Crippen molar-refractivity contribution in [1.82, 2.24) is 44.9 Å². The quantitative estimate of drug-likeness (QED) is 0.0920. The third-order valence-corrected chi connectivity index (χ3v) is 7.37. The number of halogens is 17. The van der Waals surface area contributed by atoms with Crippen LogP contribution < -0.4 is 0 Å². The predicted molar refractivity (Wildman–Crippen MR) is 167 cm³/mol. The number of fused-ring (bicyclic) bond motifs is 3. The molecule has 0 spiro atoms. The first kappa shape index (κ1) is 40.6. The van der Waals surface area contributed by atoms with E-state index in [0.29, 0.717) is 0 Å². The van der Waals surface area contributed by atoms with E-state index in [1.54, 1.807) is 0 Å². The molecule has 0 aliphatic carbocycles. The minimum atomic E-state index is -2.16. The van der Waals surface area contributed by atoms with Gasteiger partial charge >= 0.3 is 0 Å². The van der Waals surface area contributed by atoms with Crippen LogP contribution >= 0.6 is 62.3 Å². The minimum absolute atomic E-state index is 0.000000000000000444. The van der Waals surface area contributed by atoms with E-state index in [4.69, 9.17) is 55.2 Å². The summed E-state index contributed by atoms with van der Waals surface area (Å²) in [7, 11) is 0. The summed E-state index contributed by atoms with van der Waals surface area (Å²) in [6.07, 6.45) is 0. The Balaban J connectivity index is 0.000000188. The Labute approximate surface area is 324 Å². The molecule has 0 saturated heterocycles. The van der Waals surface area contributed by atoms with Crippen molar-refractivity contribution < 1.29 is 65.9 Å². The summed E-state index contributed by atoms with van der Waals surface area (Å²) in [5.41, 5.74) is -5.76. The fourth-order valence-corrected chi connectivity index (χ4v) is 5.16. The van der Waals surface area contributed by atoms with Gasteiger partial charge in [-0.25, -0.2) is 49.5 Å². The van der Waals surface area contributed by atoms with Crippen LogP contribution in [0.3, 0.4) is 0 Å². The second kappa shape index (κ2) is 15.4. The van der Waals surface area contributed by atoms with Crippen LogP contribution in [0.15, 0.2) is 18.1 Å². The molecular weight excluding hydrogens is 948 g/mol. The maximum Gasteiger partial charge on any atom is 0.266 e. The van der Waals surface area contributed by atoms with Crippen LogP contribution in [0, 0.1) is 69.8 Å². The molecule has 0 fully saturated rings. The Morgan fingerprint density at radius 2 is 0.607 bits per heavy atom. The van der Waals surface area contributed by atoms with Gasteiger partial charge in [-0.15, -0.1) is 0 Å². The molecule has 0 N–H and O–H groups in total. The fraction of sp³-hybridized carbons (Fsp3) is 0. The first-order valence-corrected chi connectivity index (χ1v) is 15.8. The van der Waals surface area contributed by atoms with Crippen molar-refractivity contribution in [2.24, 2.45) is 0 Å². The summed E-state index contributed by atoms with van der Waals surface area (Å²) >= 11 is 24.4. The van der Waals surface area contributed by atoms with Gasteiger partial charge in [-0.2, -0.15) is 48.1 Å². The van der Waals surface area contributed by atoms with Gasteiger partial charge in [0.1, 0.15) is 0 Å². The lowest BCUT2D eigenvalue weighted by atomic mass is 10.3. The van der Waals surface area contributed by atoms with Gasteiger partial charge in [0.15, 0.2) is 68.2 Å². The second-order valence-corrected chi connectivity index (χ2v) is 11.7. The second-order valence-electron chi connectivity index (χ2n) is 9.70. The molecule has 29 heteroatoms. The number of oxazole rings is 3. The highest BCUT2D eigenvalue weighted by molar-refractivity contribution is 9.10. The van der Waals surface area contributed by atoms with E-state index in [0.717, 1.165) is 0 Å². The van der Waals surface area contributed by atoms with Gasteiger partial charge in [0.25, 0.3) is 16.6 Å². The van der Waals surface area contributed by atoms with Gasteiger partial charge in [0.2, 0.25) is 67.7 Å². The topological polar surface area (TPSA) is 155 Å². The Bertz CT molecular complexity index is 2600. The third kappa shape index (κ3) is 7.42. The van der Waals surface area contributed by atoms with Crippen molar-refractivity contribution in [3.05, 3.63) is 95.7 Å². The van der Waals surface area contributed by atoms with Crippen LogP contribution in [-0.2, 0) is 0 Å². The van der Waals surface area contributed by atoms with E-state index in [-0.39, 0.29) is 20.7 Å². The number of benzene rings is 3. The number of nitrogens with zero attached hydrogens (tertiary/aromatic N) is 9. The van der Waals surface area contributed by atoms with Crippen molar-refractivity contribution in [1.29, 1.82) is 0 Å². The van der Waals surface area contributed by atoms with Crippen molar-refractivity contribution >= 4 is 95.6 Å². The minimum Gasteiger partial charge on any atom is -0.430 e. The van der Waals surface area contributed by atoms with Gasteiger partial charge in [0.05, 0.1) is 0 Å². The van der Waals surface area contributed by atoms with Crippen LogP contribution in [0.25, 0.3) is 56.7 Å². The monoisotopic (exact) mass is 945 g/mol. The van der Waals surface area contributed by atoms with Gasteiger partial charge in [-0.05, 0) is 46.4 Å². The molecule has 8 rings (SSSR count). The largest absolute Gasteiger partial charge is 0.430 e. The molecule has 5 aromatic heterocycles. The fourth-order valence-electron chi connectivity index (χ4n) is 4.05. The Morgan fingerprint density at radius 1 is 0.321 bits per heavy atom. The summed E-state index contributed by atoms with van der Waals surface area (Å²) in [6.45, 7) is 0. The highest BCUT2D eigenvalue weighted by atomic mass is 79.9. The van der Waals surface area contributed by atoms with Crippen LogP contribution in [0.2, 0.25) is 21.1 Å². The van der Waals surface area contributed by atoms with E-state index < -0.39 is 132 Å². The first-order valence-electron chi connectivity index (χ1n) is 13.5. The molecule has 0 bridgehead atoms. The molecule has 0 atom stereocenters. The summed E-state index contributed by atoms with van der Waals surface area (Å²) in [6, 6.07) is 0. The molecule has 3 aromatic carbocycles. The van der Waals surface area contributed by atoms with E-state index in [2.05, 4.69) is 65.2 Å². The van der Waals surface area contributed by atoms with Gasteiger partial charge in [-0.3, -0.25) is 0 Å². The van der Waals surface area contributed by atoms with Crippen LogP contribution in [0.1, 0.15) is 0 Å². The maximum absolute atomic E-state index is 13.9. The molecule has 290 valence electrons. The Hall–Kier alpha value is -5.11. The molecule has 0 unspecified atom stereocenters. The van der Waals surface area contributed by atoms with Gasteiger partial charge in [0, 0.05) is 15.9 Å². The molecule has 0 radical (unpaired) electrons. The summed E-state index contributed by atoms with van der Waals surface area (Å²) in [5.74, 6) is -26.1. The van der Waals surface area contributed by atoms with Crippen molar-refractivity contribution in [2.75, 3.05) is 0 Å². The Kier molecular flexibility index (Phi) is 11.2. The van der Waals surface area contributed by atoms with E-state index >= 15 is 0 Å². The molecule has 8 aromatic rings. The molecule has 5 heterocycles. The van der Waals surface area contributed by atoms with E-state index in [9.17, 15) is 52.7 Å². The standard InChI is InChI=1S/C17ClF8N5O2.C7BrF4NO.C3Cl3N3/c18-17-30-13(15-27-9-5(23)1(19)3(21)7(25)11(9)32-15)29-14(31-17)16-28-10-6(24)2(20)4(22)8(26)12(10)33-16;8-7-13-5-3(11)1(9)2(10)4(12)6(5)14-7;4-1-7-2(5)9-3(6)8-1. The molecular formula is C27BrCl4F12N9O3. The molecule has 56 heavy (non-hydrogen) atoms. The zero-order valence-corrected chi connectivity index (χ0v) is 29.8. The Morgan fingerprint density at radius 3 is 0.964 bits per heavy atom. The number of rotatable bonds is 2. The first-order chi connectivity index (χ1) is 26.3. The van der Waals surface area contributed by atoms with Gasteiger partial charge in [-0.1, -0.05) is 0 Å². The maximum atomic E-state index is 13.9. The normalized spacial score (nSPS) is 11.3. The smallest absolute Gasteiger partial charge is 0.266 e. The van der Waals surface area contributed by atoms with Crippen molar-refractivity contribution in [3.63, 3.8) is 0 Å². The van der Waals surface area contributed by atoms with Crippen LogP contribution in [0.4, 0.5) is 52.7 Å². The third-order valence-electron chi connectivity index (χ3n) is 6.36. The average Bonchev–Trinajstić information content (AvgIpc) is 3.90. The number of hydrogen-bond donors (Lipinski definition) is 0. The molecule has 12 nitrogen and oxygen atoms in total. The lowest BCUT2D eigenvalue weighted by molar-refractivity contribution is 0.409. The summed E-state index contributed by atoms with van der Waals surface area (Å²) in [5, 5.41) is -0.656. The lowest BCUT2D eigenvalue weighted by Crippen LogP contribution is -1.98. The van der Waals surface area contributed by atoms with Crippen molar-refractivity contribution in [3.8, 4) is 23.4 Å². The molecule has 0 amide bonds. The van der Waals surface area contributed by atoms with E-state index in [1.807, 2.05) is 0 Å². The van der Waals surface area contributed by atoms with Crippen LogP contribution in [-0.4, -0.2) is 44.9 Å². The summed E-state index contributed by atoms with van der Waals surface area (Å²) < 4.78 is 175. The molecule has 0 aliphatic rings. The zero-order valence-electron chi connectivity index (χ0n) is 25.2. The predicted octanol–water partition coefficient (Wildman–Crippen LogP) is 10.2. The highest BCUT2D eigenvalue weighted by Crippen LogP contribution is 2.33. The number of aromatic nitrogens is 9. The average molecular weight is 948 g/mol. The van der Waals surface area contributed by atoms with E-state index in [1.165, 1.54) is 0 Å². The summed E-state index contributed by atoms with van der Waals surface area (Å²) in [4.78, 5) is 31.1. The SMILES string of the molecule is Clc1nc(Cl)nc(Cl)n1.Fc1c(F)c(F)c2oc(-c3nc(Cl)nc(-c4nc5c(F)c(F)c(F)c(F)c5o4)n3)nc2c1F.Fc1c(F)c(F)c2oc(Br)nc2c1F. The zero-order chi connectivity index (χ0) is 41.1.